The number of rotatable bonds is 2. The van der Waals surface area contributed by atoms with E-state index in [1.807, 2.05) is 39.0 Å². The van der Waals surface area contributed by atoms with E-state index in [9.17, 15) is 9.59 Å². The van der Waals surface area contributed by atoms with Gasteiger partial charge in [-0.05, 0) is 26.3 Å². The summed E-state index contributed by atoms with van der Waals surface area (Å²) >= 11 is 0. The van der Waals surface area contributed by atoms with E-state index >= 15 is 0 Å². The van der Waals surface area contributed by atoms with Gasteiger partial charge in [-0.2, -0.15) is 0 Å². The third kappa shape index (κ3) is 4.53. The smallest absolute Gasteiger partial charge is 0.410 e. The SMILES string of the molecule is CC(C)(C)OC(=O)N1CCN(C2CC(=O)NNC2c2ccccc2)CC1. The second kappa shape index (κ2) is 7.63. The summed E-state index contributed by atoms with van der Waals surface area (Å²) in [5, 5.41) is 0. The normalized spacial score (nSPS) is 24.9. The molecule has 1 aromatic rings. The van der Waals surface area contributed by atoms with E-state index in [4.69, 9.17) is 4.74 Å². The molecule has 2 saturated heterocycles. The molecule has 2 atom stereocenters. The first-order chi connectivity index (χ1) is 12.3. The van der Waals surface area contributed by atoms with Crippen LogP contribution in [-0.4, -0.2) is 59.6 Å². The average Bonchev–Trinajstić information content (AvgIpc) is 2.61. The molecule has 0 radical (unpaired) electrons. The van der Waals surface area contributed by atoms with Gasteiger partial charge in [0.15, 0.2) is 0 Å². The van der Waals surface area contributed by atoms with Crippen LogP contribution in [0.4, 0.5) is 4.79 Å². The van der Waals surface area contributed by atoms with Crippen LogP contribution in [0.15, 0.2) is 30.3 Å². The highest BCUT2D eigenvalue weighted by molar-refractivity contribution is 5.77. The monoisotopic (exact) mass is 360 g/mol. The highest BCUT2D eigenvalue weighted by Crippen LogP contribution is 2.26. The fourth-order valence-electron chi connectivity index (χ4n) is 3.48. The van der Waals surface area contributed by atoms with Crippen LogP contribution in [0.1, 0.15) is 38.8 Å². The molecule has 7 heteroatoms. The summed E-state index contributed by atoms with van der Waals surface area (Å²) in [5.41, 5.74) is 6.56. The number of hydrogen-bond donors (Lipinski definition) is 2. The summed E-state index contributed by atoms with van der Waals surface area (Å²) in [6.07, 6.45) is 0.176. The fourth-order valence-corrected chi connectivity index (χ4v) is 3.48. The summed E-state index contributed by atoms with van der Waals surface area (Å²) in [6.45, 7) is 8.28. The number of amides is 2. The maximum atomic E-state index is 12.2. The van der Waals surface area contributed by atoms with E-state index in [2.05, 4.69) is 27.9 Å². The topological polar surface area (TPSA) is 73.9 Å². The minimum absolute atomic E-state index is 0.00301. The molecule has 2 unspecified atom stereocenters. The van der Waals surface area contributed by atoms with E-state index in [1.54, 1.807) is 4.90 Å². The molecule has 2 aliphatic rings. The zero-order valence-electron chi connectivity index (χ0n) is 15.7. The molecule has 2 heterocycles. The molecule has 2 aliphatic heterocycles. The number of piperazine rings is 1. The Labute approximate surface area is 154 Å². The highest BCUT2D eigenvalue weighted by Gasteiger charge is 2.37. The van der Waals surface area contributed by atoms with Gasteiger partial charge in [0.25, 0.3) is 0 Å². The molecule has 7 nitrogen and oxygen atoms in total. The maximum Gasteiger partial charge on any atom is 0.410 e. The highest BCUT2D eigenvalue weighted by atomic mass is 16.6. The van der Waals surface area contributed by atoms with Crippen LogP contribution in [0.25, 0.3) is 0 Å². The van der Waals surface area contributed by atoms with E-state index in [1.165, 1.54) is 0 Å². The lowest BCUT2D eigenvalue weighted by Crippen LogP contribution is -2.60. The molecule has 142 valence electrons. The quantitative estimate of drug-likeness (QED) is 0.839. The lowest BCUT2D eigenvalue weighted by Gasteiger charge is -2.44. The van der Waals surface area contributed by atoms with Gasteiger partial charge in [0.05, 0.1) is 6.04 Å². The predicted molar refractivity (Wildman–Crippen MR) is 98.2 cm³/mol. The van der Waals surface area contributed by atoms with Crippen LogP contribution in [0.3, 0.4) is 0 Å². The molecule has 0 bridgehead atoms. The van der Waals surface area contributed by atoms with Crippen molar-refractivity contribution in [1.29, 1.82) is 0 Å². The Morgan fingerprint density at radius 2 is 1.77 bits per heavy atom. The fraction of sp³-hybridized carbons (Fsp3) is 0.579. The summed E-state index contributed by atoms with van der Waals surface area (Å²) in [5.74, 6) is -0.00301. The number of benzene rings is 1. The first-order valence-corrected chi connectivity index (χ1v) is 9.15. The molecule has 3 rings (SSSR count). The van der Waals surface area contributed by atoms with Gasteiger partial charge in [0.2, 0.25) is 5.91 Å². The molecule has 26 heavy (non-hydrogen) atoms. The van der Waals surface area contributed by atoms with Crippen molar-refractivity contribution in [1.82, 2.24) is 20.7 Å². The molecular weight excluding hydrogens is 332 g/mol. The van der Waals surface area contributed by atoms with Gasteiger partial charge in [-0.3, -0.25) is 15.1 Å². The Morgan fingerprint density at radius 3 is 2.38 bits per heavy atom. The number of ether oxygens (including phenoxy) is 1. The Kier molecular flexibility index (Phi) is 5.48. The van der Waals surface area contributed by atoms with Crippen molar-refractivity contribution in [2.75, 3.05) is 26.2 Å². The first kappa shape index (κ1) is 18.7. The summed E-state index contributed by atoms with van der Waals surface area (Å²) in [6, 6.07) is 10.2. The van der Waals surface area contributed by atoms with Crippen molar-refractivity contribution in [2.45, 2.75) is 44.9 Å². The third-order valence-electron chi connectivity index (χ3n) is 4.74. The Morgan fingerprint density at radius 1 is 1.12 bits per heavy atom. The summed E-state index contributed by atoms with van der Waals surface area (Å²) < 4.78 is 5.46. The summed E-state index contributed by atoms with van der Waals surface area (Å²) in [7, 11) is 0. The van der Waals surface area contributed by atoms with Gasteiger partial charge in [-0.1, -0.05) is 30.3 Å². The van der Waals surface area contributed by atoms with E-state index in [-0.39, 0.29) is 24.1 Å². The van der Waals surface area contributed by atoms with Crippen LogP contribution in [0.5, 0.6) is 0 Å². The molecule has 0 spiro atoms. The average molecular weight is 360 g/mol. The van der Waals surface area contributed by atoms with Crippen LogP contribution in [0.2, 0.25) is 0 Å². The lowest BCUT2D eigenvalue weighted by atomic mass is 9.93. The zero-order valence-corrected chi connectivity index (χ0v) is 15.7. The minimum atomic E-state index is -0.488. The lowest BCUT2D eigenvalue weighted by molar-refractivity contribution is -0.127. The van der Waals surface area contributed by atoms with Crippen LogP contribution < -0.4 is 10.9 Å². The predicted octanol–water partition coefficient (Wildman–Crippen LogP) is 1.67. The van der Waals surface area contributed by atoms with Gasteiger partial charge in [-0.15, -0.1) is 0 Å². The summed E-state index contributed by atoms with van der Waals surface area (Å²) in [4.78, 5) is 28.2. The minimum Gasteiger partial charge on any atom is -0.444 e. The molecular formula is C19H28N4O3. The number of nitrogens with one attached hydrogen (secondary N) is 2. The van der Waals surface area contributed by atoms with E-state index in [0.29, 0.717) is 19.5 Å². The molecule has 0 aliphatic carbocycles. The van der Waals surface area contributed by atoms with E-state index < -0.39 is 5.60 Å². The van der Waals surface area contributed by atoms with Crippen molar-refractivity contribution in [3.8, 4) is 0 Å². The van der Waals surface area contributed by atoms with Gasteiger partial charge in [0, 0.05) is 38.6 Å². The van der Waals surface area contributed by atoms with Gasteiger partial charge >= 0.3 is 6.09 Å². The standard InChI is InChI=1S/C19H28N4O3/c1-19(2,3)26-18(25)23-11-9-22(10-12-23)15-13-16(24)20-21-17(15)14-7-5-4-6-8-14/h4-8,15,17,21H,9-13H2,1-3H3,(H,20,24). The van der Waals surface area contributed by atoms with Crippen molar-refractivity contribution in [3.05, 3.63) is 35.9 Å². The number of carbonyl (C=O) groups is 2. The van der Waals surface area contributed by atoms with Crippen LogP contribution in [-0.2, 0) is 9.53 Å². The van der Waals surface area contributed by atoms with Crippen molar-refractivity contribution in [3.63, 3.8) is 0 Å². The second-order valence-electron chi connectivity index (χ2n) is 7.86. The van der Waals surface area contributed by atoms with Crippen molar-refractivity contribution in [2.24, 2.45) is 0 Å². The Bertz CT molecular complexity index is 636. The van der Waals surface area contributed by atoms with Crippen LogP contribution >= 0.6 is 0 Å². The molecule has 1 aromatic carbocycles. The van der Waals surface area contributed by atoms with Gasteiger partial charge < -0.3 is 9.64 Å². The number of hydrazine groups is 1. The second-order valence-corrected chi connectivity index (χ2v) is 7.86. The van der Waals surface area contributed by atoms with Crippen LogP contribution in [0, 0.1) is 0 Å². The Balaban J connectivity index is 1.64. The third-order valence-corrected chi connectivity index (χ3v) is 4.74. The van der Waals surface area contributed by atoms with Gasteiger partial charge in [-0.25, -0.2) is 10.2 Å². The number of hydrogen-bond acceptors (Lipinski definition) is 5. The molecule has 0 aromatic heterocycles. The molecule has 2 fully saturated rings. The van der Waals surface area contributed by atoms with Crippen molar-refractivity contribution >= 4 is 12.0 Å². The molecule has 0 saturated carbocycles. The maximum absolute atomic E-state index is 12.2. The first-order valence-electron chi connectivity index (χ1n) is 9.15. The van der Waals surface area contributed by atoms with E-state index in [0.717, 1.165) is 18.7 Å². The number of carbonyl (C=O) groups excluding carboxylic acids is 2. The Hall–Kier alpha value is -2.12. The number of nitrogens with zero attached hydrogens (tertiary/aromatic N) is 2. The van der Waals surface area contributed by atoms with Gasteiger partial charge in [0.1, 0.15) is 5.60 Å². The van der Waals surface area contributed by atoms with Crippen molar-refractivity contribution < 1.29 is 14.3 Å². The molecule has 2 amide bonds. The largest absolute Gasteiger partial charge is 0.444 e. The zero-order chi connectivity index (χ0) is 18.7. The molecule has 2 N–H and O–H groups in total.